The van der Waals surface area contributed by atoms with Gasteiger partial charge in [0.05, 0.1) is 13.2 Å². The lowest BCUT2D eigenvalue weighted by molar-refractivity contribution is 0.0857. The number of para-hydroxylation sites is 1. The van der Waals surface area contributed by atoms with Crippen molar-refractivity contribution in [3.63, 3.8) is 0 Å². The normalized spacial score (nSPS) is 16.0. The average Bonchev–Trinajstić information content (AvgIpc) is 3.24. The van der Waals surface area contributed by atoms with E-state index in [1.54, 1.807) is 31.4 Å². The van der Waals surface area contributed by atoms with E-state index >= 15 is 0 Å². The van der Waals surface area contributed by atoms with Crippen LogP contribution >= 0.6 is 0 Å². The van der Waals surface area contributed by atoms with Gasteiger partial charge in [-0.05, 0) is 37.1 Å². The molecule has 3 rings (SSSR count). The standard InChI is InChI=1S/C21H24N2O4/c1-26-19-10-3-2-6-17(19)13-22-20(24)15-7-4-8-16(12-15)21(25)23-14-18-9-5-11-27-18/h2-4,6-8,10,12,18H,5,9,11,13-14H2,1H3,(H,22,24)(H,23,25). The van der Waals surface area contributed by atoms with E-state index in [1.165, 1.54) is 0 Å². The SMILES string of the molecule is COc1ccccc1CNC(=O)c1cccc(C(=O)NCC2CCCO2)c1. The molecule has 1 aliphatic heterocycles. The molecule has 1 atom stereocenters. The second kappa shape index (κ2) is 9.19. The van der Waals surface area contributed by atoms with Gasteiger partial charge in [0.2, 0.25) is 0 Å². The fraction of sp³-hybridized carbons (Fsp3) is 0.333. The zero-order valence-corrected chi connectivity index (χ0v) is 15.4. The Morgan fingerprint density at radius 2 is 1.81 bits per heavy atom. The molecule has 2 N–H and O–H groups in total. The number of amides is 2. The van der Waals surface area contributed by atoms with Gasteiger partial charge in [0.15, 0.2) is 0 Å². The minimum absolute atomic E-state index is 0.0845. The Kier molecular flexibility index (Phi) is 6.44. The number of hydrogen-bond acceptors (Lipinski definition) is 4. The number of rotatable bonds is 7. The zero-order chi connectivity index (χ0) is 19.1. The topological polar surface area (TPSA) is 76.7 Å². The molecule has 2 aromatic carbocycles. The van der Waals surface area contributed by atoms with Crippen LogP contribution in [0, 0.1) is 0 Å². The molecule has 6 heteroatoms. The van der Waals surface area contributed by atoms with Crippen LogP contribution in [-0.2, 0) is 11.3 Å². The molecule has 0 aliphatic carbocycles. The minimum Gasteiger partial charge on any atom is -0.496 e. The smallest absolute Gasteiger partial charge is 0.251 e. The average molecular weight is 368 g/mol. The molecule has 142 valence electrons. The van der Waals surface area contributed by atoms with E-state index in [-0.39, 0.29) is 17.9 Å². The summed E-state index contributed by atoms with van der Waals surface area (Å²) in [5.74, 6) is 0.277. The van der Waals surface area contributed by atoms with E-state index in [4.69, 9.17) is 9.47 Å². The molecule has 2 amide bonds. The summed E-state index contributed by atoms with van der Waals surface area (Å²) < 4.78 is 10.8. The first-order valence-electron chi connectivity index (χ1n) is 9.07. The molecule has 0 spiro atoms. The number of benzene rings is 2. The highest BCUT2D eigenvalue weighted by Crippen LogP contribution is 2.17. The second-order valence-corrected chi connectivity index (χ2v) is 6.42. The molecule has 27 heavy (non-hydrogen) atoms. The number of hydrogen-bond donors (Lipinski definition) is 2. The summed E-state index contributed by atoms with van der Waals surface area (Å²) in [6.07, 6.45) is 2.08. The van der Waals surface area contributed by atoms with Gasteiger partial charge in [-0.25, -0.2) is 0 Å². The summed E-state index contributed by atoms with van der Waals surface area (Å²) in [6.45, 7) is 1.59. The first kappa shape index (κ1) is 18.9. The Morgan fingerprint density at radius 3 is 2.52 bits per heavy atom. The van der Waals surface area contributed by atoms with Crippen LogP contribution < -0.4 is 15.4 Å². The quantitative estimate of drug-likeness (QED) is 0.787. The summed E-state index contributed by atoms with van der Waals surface area (Å²) in [4.78, 5) is 24.8. The third-order valence-corrected chi connectivity index (χ3v) is 4.53. The van der Waals surface area contributed by atoms with Gasteiger partial charge < -0.3 is 20.1 Å². The number of nitrogens with one attached hydrogen (secondary N) is 2. The third kappa shape index (κ3) is 5.08. The first-order chi connectivity index (χ1) is 13.2. The molecule has 2 aromatic rings. The maximum Gasteiger partial charge on any atom is 0.251 e. The predicted octanol–water partition coefficient (Wildman–Crippen LogP) is 2.53. The van der Waals surface area contributed by atoms with E-state index < -0.39 is 0 Å². The predicted molar refractivity (Wildman–Crippen MR) is 102 cm³/mol. The van der Waals surface area contributed by atoms with Crippen molar-refractivity contribution in [3.8, 4) is 5.75 Å². The lowest BCUT2D eigenvalue weighted by Crippen LogP contribution is -2.32. The van der Waals surface area contributed by atoms with Crippen LogP contribution in [-0.4, -0.2) is 38.2 Å². The van der Waals surface area contributed by atoms with Crippen molar-refractivity contribution in [1.82, 2.24) is 10.6 Å². The van der Waals surface area contributed by atoms with Crippen molar-refractivity contribution >= 4 is 11.8 Å². The molecule has 1 fully saturated rings. The summed E-state index contributed by atoms with van der Waals surface area (Å²) in [6, 6.07) is 14.2. The Morgan fingerprint density at radius 1 is 1.07 bits per heavy atom. The summed E-state index contributed by atoms with van der Waals surface area (Å²) >= 11 is 0. The van der Waals surface area contributed by atoms with Crippen LogP contribution in [0.15, 0.2) is 48.5 Å². The summed E-state index contributed by atoms with van der Waals surface area (Å²) in [7, 11) is 1.60. The van der Waals surface area contributed by atoms with Gasteiger partial charge in [-0.1, -0.05) is 24.3 Å². The maximum atomic E-state index is 12.5. The number of ether oxygens (including phenoxy) is 2. The fourth-order valence-electron chi connectivity index (χ4n) is 3.04. The summed E-state index contributed by atoms with van der Waals surface area (Å²) in [5, 5.41) is 5.73. The Bertz CT molecular complexity index is 800. The highest BCUT2D eigenvalue weighted by molar-refractivity contribution is 5.99. The van der Waals surface area contributed by atoms with E-state index in [1.807, 2.05) is 24.3 Å². The van der Waals surface area contributed by atoms with Crippen LogP contribution in [0.2, 0.25) is 0 Å². The van der Waals surface area contributed by atoms with Crippen LogP contribution in [0.4, 0.5) is 0 Å². The maximum absolute atomic E-state index is 12.5. The molecular weight excluding hydrogens is 344 g/mol. The summed E-state index contributed by atoms with van der Waals surface area (Å²) in [5.41, 5.74) is 1.78. The highest BCUT2D eigenvalue weighted by atomic mass is 16.5. The van der Waals surface area contributed by atoms with Gasteiger partial charge >= 0.3 is 0 Å². The van der Waals surface area contributed by atoms with Gasteiger partial charge in [-0.15, -0.1) is 0 Å². The molecule has 0 aromatic heterocycles. The van der Waals surface area contributed by atoms with Crippen molar-refractivity contribution in [2.45, 2.75) is 25.5 Å². The largest absolute Gasteiger partial charge is 0.496 e. The molecule has 0 bridgehead atoms. The lowest BCUT2D eigenvalue weighted by Gasteiger charge is -2.12. The van der Waals surface area contributed by atoms with Gasteiger partial charge in [0.25, 0.3) is 11.8 Å². The first-order valence-corrected chi connectivity index (χ1v) is 9.07. The fourth-order valence-corrected chi connectivity index (χ4v) is 3.04. The second-order valence-electron chi connectivity index (χ2n) is 6.42. The Balaban J connectivity index is 1.58. The van der Waals surface area contributed by atoms with Crippen molar-refractivity contribution in [3.05, 3.63) is 65.2 Å². The monoisotopic (exact) mass is 368 g/mol. The minimum atomic E-state index is -0.241. The van der Waals surface area contributed by atoms with Gasteiger partial charge in [0.1, 0.15) is 5.75 Å². The number of methoxy groups -OCH3 is 1. The zero-order valence-electron chi connectivity index (χ0n) is 15.4. The van der Waals surface area contributed by atoms with E-state index in [0.29, 0.717) is 24.2 Å². The van der Waals surface area contributed by atoms with Crippen molar-refractivity contribution < 1.29 is 19.1 Å². The van der Waals surface area contributed by atoms with Crippen molar-refractivity contribution in [2.24, 2.45) is 0 Å². The molecule has 1 heterocycles. The molecule has 1 saturated heterocycles. The van der Waals surface area contributed by atoms with Crippen LogP contribution in [0.25, 0.3) is 0 Å². The third-order valence-electron chi connectivity index (χ3n) is 4.53. The van der Waals surface area contributed by atoms with Gasteiger partial charge in [-0.2, -0.15) is 0 Å². The number of carbonyl (C=O) groups is 2. The van der Waals surface area contributed by atoms with Crippen LogP contribution in [0.5, 0.6) is 5.75 Å². The molecular formula is C21H24N2O4. The van der Waals surface area contributed by atoms with Crippen molar-refractivity contribution in [2.75, 3.05) is 20.3 Å². The van der Waals surface area contributed by atoms with E-state index in [9.17, 15) is 9.59 Å². The molecule has 1 unspecified atom stereocenters. The molecule has 0 saturated carbocycles. The Hall–Kier alpha value is -2.86. The molecule has 1 aliphatic rings. The lowest BCUT2D eigenvalue weighted by atomic mass is 10.1. The van der Waals surface area contributed by atoms with Gasteiger partial charge in [0, 0.05) is 36.4 Å². The van der Waals surface area contributed by atoms with E-state index in [0.717, 1.165) is 30.8 Å². The van der Waals surface area contributed by atoms with Crippen molar-refractivity contribution in [1.29, 1.82) is 0 Å². The molecule has 6 nitrogen and oxygen atoms in total. The Labute approximate surface area is 158 Å². The van der Waals surface area contributed by atoms with E-state index in [2.05, 4.69) is 10.6 Å². The van der Waals surface area contributed by atoms with Gasteiger partial charge in [-0.3, -0.25) is 9.59 Å². The highest BCUT2D eigenvalue weighted by Gasteiger charge is 2.17. The number of carbonyl (C=O) groups excluding carboxylic acids is 2. The van der Waals surface area contributed by atoms with Crippen LogP contribution in [0.1, 0.15) is 39.1 Å². The molecule has 0 radical (unpaired) electrons. The van der Waals surface area contributed by atoms with Crippen LogP contribution in [0.3, 0.4) is 0 Å².